The van der Waals surface area contributed by atoms with Crippen LogP contribution in [0.1, 0.15) is 10.4 Å². The van der Waals surface area contributed by atoms with Crippen molar-refractivity contribution >= 4 is 38.3 Å². The Kier molecular flexibility index (Phi) is 5.82. The molecule has 0 spiro atoms. The first-order chi connectivity index (χ1) is 17.3. The number of carbonyl (C=O) groups is 1. The Balaban J connectivity index is 1.32. The molecule has 0 aliphatic heterocycles. The zero-order valence-corrected chi connectivity index (χ0v) is 19.2. The topological polar surface area (TPSA) is 134 Å². The first-order valence-electron chi connectivity index (χ1n) is 10.5. The minimum Gasteiger partial charge on any atom is -0.506 e. The smallest absolute Gasteiger partial charge is 0.262 e. The first-order valence-corrected chi connectivity index (χ1v) is 12.0. The third kappa shape index (κ3) is 4.72. The summed E-state index contributed by atoms with van der Waals surface area (Å²) in [5, 5.41) is 20.4. The Bertz CT molecular complexity index is 1680. The molecule has 0 atom stereocenters. The highest BCUT2D eigenvalue weighted by atomic mass is 32.2. The van der Waals surface area contributed by atoms with Gasteiger partial charge in [-0.1, -0.05) is 18.2 Å². The highest BCUT2D eigenvalue weighted by molar-refractivity contribution is 7.92. The summed E-state index contributed by atoms with van der Waals surface area (Å²) in [4.78, 5) is 12.6. The Labute approximate surface area is 204 Å². The van der Waals surface area contributed by atoms with Crippen molar-refractivity contribution in [1.29, 1.82) is 0 Å². The van der Waals surface area contributed by atoms with Crippen LogP contribution in [-0.4, -0.2) is 29.7 Å². The highest BCUT2D eigenvalue weighted by Gasteiger charge is 2.17. The molecule has 1 heterocycles. The number of carbonyl (C=O) groups excluding carboxylic acids is 1. The number of halogens is 1. The van der Waals surface area contributed by atoms with Crippen molar-refractivity contribution in [3.05, 3.63) is 96.3 Å². The molecule has 5 aromatic rings. The number of nitrogens with zero attached hydrogens (tertiary/aromatic N) is 2. The third-order valence-corrected chi connectivity index (χ3v) is 6.74. The summed E-state index contributed by atoms with van der Waals surface area (Å²) in [5.74, 6) is -1.36. The Morgan fingerprint density at radius 2 is 1.53 bits per heavy atom. The van der Waals surface area contributed by atoms with Crippen molar-refractivity contribution in [2.24, 2.45) is 0 Å². The number of phenolic OH excluding ortho intramolecular Hbond substituents is 1. The SMILES string of the molecule is O=C(Nc1ccc(O)c(NS(=O)(=O)c2ccc(F)cc2)c1)c1ccc(-c2ccc3nonc3c2)cc1. The van der Waals surface area contributed by atoms with Crippen LogP contribution in [0.5, 0.6) is 5.75 Å². The van der Waals surface area contributed by atoms with E-state index in [-0.39, 0.29) is 22.0 Å². The largest absolute Gasteiger partial charge is 0.506 e. The molecule has 4 aromatic carbocycles. The molecule has 9 nitrogen and oxygen atoms in total. The quantitative estimate of drug-likeness (QED) is 0.224. The van der Waals surface area contributed by atoms with Crippen LogP contribution in [0.15, 0.2) is 94.5 Å². The van der Waals surface area contributed by atoms with Crippen LogP contribution in [0.2, 0.25) is 0 Å². The van der Waals surface area contributed by atoms with Crippen molar-refractivity contribution in [3.8, 4) is 16.9 Å². The number of aromatic hydroxyl groups is 1. The molecule has 1 amide bonds. The number of sulfonamides is 1. The number of amides is 1. The summed E-state index contributed by atoms with van der Waals surface area (Å²) in [6, 6.07) is 20.5. The van der Waals surface area contributed by atoms with Gasteiger partial charge in [-0.15, -0.1) is 0 Å². The summed E-state index contributed by atoms with van der Waals surface area (Å²) >= 11 is 0. The van der Waals surface area contributed by atoms with Gasteiger partial charge < -0.3 is 10.4 Å². The van der Waals surface area contributed by atoms with E-state index in [1.807, 2.05) is 12.1 Å². The van der Waals surface area contributed by atoms with E-state index in [0.717, 1.165) is 35.4 Å². The van der Waals surface area contributed by atoms with Gasteiger partial charge in [0, 0.05) is 11.3 Å². The molecule has 0 aliphatic carbocycles. The molecule has 36 heavy (non-hydrogen) atoms. The standard InChI is InChI=1S/C25H17FN4O5S/c26-18-6-9-20(10-7-18)36(33,34)30-23-14-19(8-12-24(23)31)27-25(32)16-3-1-15(2-4-16)17-5-11-21-22(13-17)29-35-28-21/h1-14,30-31H,(H,27,32). The molecule has 0 unspecified atom stereocenters. The van der Waals surface area contributed by atoms with E-state index in [2.05, 4.69) is 20.4 Å². The Morgan fingerprint density at radius 1 is 0.833 bits per heavy atom. The lowest BCUT2D eigenvalue weighted by atomic mass is 10.0. The van der Waals surface area contributed by atoms with Crippen LogP contribution < -0.4 is 10.0 Å². The molecule has 11 heteroatoms. The minimum atomic E-state index is -4.09. The van der Waals surface area contributed by atoms with Crippen LogP contribution in [0.4, 0.5) is 15.8 Å². The van der Waals surface area contributed by atoms with E-state index >= 15 is 0 Å². The fourth-order valence-electron chi connectivity index (χ4n) is 3.49. The first kappa shape index (κ1) is 23.0. The molecule has 0 fully saturated rings. The summed E-state index contributed by atoms with van der Waals surface area (Å²) < 4.78 is 45.2. The van der Waals surface area contributed by atoms with E-state index in [0.29, 0.717) is 16.6 Å². The predicted octanol–water partition coefficient (Wildman–Crippen LogP) is 4.79. The number of phenols is 1. The fourth-order valence-corrected chi connectivity index (χ4v) is 4.56. The predicted molar refractivity (Wildman–Crippen MR) is 131 cm³/mol. The van der Waals surface area contributed by atoms with Crippen molar-refractivity contribution in [2.75, 3.05) is 10.0 Å². The number of benzene rings is 4. The van der Waals surface area contributed by atoms with Gasteiger partial charge in [-0.2, -0.15) is 0 Å². The van der Waals surface area contributed by atoms with Crippen LogP contribution in [0, 0.1) is 5.82 Å². The molecular formula is C25H17FN4O5S. The number of nitrogens with one attached hydrogen (secondary N) is 2. The number of anilines is 2. The maximum atomic E-state index is 13.1. The molecule has 5 rings (SSSR count). The van der Waals surface area contributed by atoms with E-state index in [4.69, 9.17) is 4.63 Å². The molecular weight excluding hydrogens is 487 g/mol. The fraction of sp³-hybridized carbons (Fsp3) is 0. The highest BCUT2D eigenvalue weighted by Crippen LogP contribution is 2.30. The van der Waals surface area contributed by atoms with Crippen molar-refractivity contribution in [1.82, 2.24) is 10.3 Å². The lowest BCUT2D eigenvalue weighted by molar-refractivity contribution is 0.102. The van der Waals surface area contributed by atoms with E-state index < -0.39 is 21.7 Å². The van der Waals surface area contributed by atoms with Crippen LogP contribution >= 0.6 is 0 Å². The molecule has 0 saturated heterocycles. The zero-order valence-electron chi connectivity index (χ0n) is 18.3. The van der Waals surface area contributed by atoms with Gasteiger partial charge in [0.25, 0.3) is 15.9 Å². The van der Waals surface area contributed by atoms with Crippen LogP contribution in [0.25, 0.3) is 22.2 Å². The molecule has 0 aliphatic rings. The van der Waals surface area contributed by atoms with E-state index in [1.54, 1.807) is 30.3 Å². The van der Waals surface area contributed by atoms with Gasteiger partial charge in [0.2, 0.25) is 0 Å². The van der Waals surface area contributed by atoms with Crippen LogP contribution in [-0.2, 0) is 10.0 Å². The van der Waals surface area contributed by atoms with E-state index in [1.165, 1.54) is 18.2 Å². The van der Waals surface area contributed by atoms with Gasteiger partial charge >= 0.3 is 0 Å². The Morgan fingerprint density at radius 3 is 2.28 bits per heavy atom. The summed E-state index contributed by atoms with van der Waals surface area (Å²) in [5.41, 5.74) is 3.47. The van der Waals surface area contributed by atoms with Gasteiger partial charge in [-0.05, 0) is 88.2 Å². The lowest BCUT2D eigenvalue weighted by Crippen LogP contribution is -2.14. The van der Waals surface area contributed by atoms with Gasteiger partial charge in [0.05, 0.1) is 10.6 Å². The average Bonchev–Trinajstić information content (AvgIpc) is 3.34. The Hall–Kier alpha value is -4.77. The van der Waals surface area contributed by atoms with Gasteiger partial charge in [0.15, 0.2) is 0 Å². The van der Waals surface area contributed by atoms with Crippen molar-refractivity contribution in [3.63, 3.8) is 0 Å². The molecule has 180 valence electrons. The number of aromatic nitrogens is 2. The van der Waals surface area contributed by atoms with Gasteiger partial charge in [-0.3, -0.25) is 9.52 Å². The van der Waals surface area contributed by atoms with Crippen LogP contribution in [0.3, 0.4) is 0 Å². The normalized spacial score (nSPS) is 11.4. The maximum Gasteiger partial charge on any atom is 0.262 e. The second-order valence-electron chi connectivity index (χ2n) is 7.79. The number of fused-ring (bicyclic) bond motifs is 1. The number of hydrogen-bond donors (Lipinski definition) is 3. The summed E-state index contributed by atoms with van der Waals surface area (Å²) in [6.07, 6.45) is 0. The number of hydrogen-bond acceptors (Lipinski definition) is 7. The molecule has 1 aromatic heterocycles. The third-order valence-electron chi connectivity index (χ3n) is 5.36. The maximum absolute atomic E-state index is 13.1. The second-order valence-corrected chi connectivity index (χ2v) is 9.47. The van der Waals surface area contributed by atoms with Crippen molar-refractivity contribution in [2.45, 2.75) is 4.90 Å². The molecule has 3 N–H and O–H groups in total. The summed E-state index contributed by atoms with van der Waals surface area (Å²) in [7, 11) is -4.09. The molecule has 0 radical (unpaired) electrons. The molecule has 0 saturated carbocycles. The average molecular weight is 504 g/mol. The monoisotopic (exact) mass is 504 g/mol. The second kappa shape index (κ2) is 9.12. The van der Waals surface area contributed by atoms with Gasteiger partial charge in [0.1, 0.15) is 22.6 Å². The molecule has 0 bridgehead atoms. The summed E-state index contributed by atoms with van der Waals surface area (Å²) in [6.45, 7) is 0. The van der Waals surface area contributed by atoms with Gasteiger partial charge in [-0.25, -0.2) is 17.4 Å². The minimum absolute atomic E-state index is 0.148. The number of rotatable bonds is 6. The van der Waals surface area contributed by atoms with E-state index in [9.17, 15) is 22.7 Å². The lowest BCUT2D eigenvalue weighted by Gasteiger charge is -2.12. The zero-order chi connectivity index (χ0) is 25.3. The van der Waals surface area contributed by atoms with Crippen molar-refractivity contribution < 1.29 is 27.3 Å².